The number of nitrogens with zero attached hydrogens (tertiary/aromatic N) is 6. The first kappa shape index (κ1) is 29.6. The van der Waals surface area contributed by atoms with Gasteiger partial charge < -0.3 is 20.1 Å². The van der Waals surface area contributed by atoms with Gasteiger partial charge in [0.05, 0.1) is 10.9 Å². The molecule has 0 aliphatic carbocycles. The summed E-state index contributed by atoms with van der Waals surface area (Å²) >= 11 is 0. The molecule has 3 aliphatic heterocycles. The van der Waals surface area contributed by atoms with Gasteiger partial charge in [-0.05, 0) is 50.3 Å². The number of hydrogen-bond acceptors (Lipinski definition) is 9. The number of aromatic hydroxyl groups is 1. The lowest BCUT2D eigenvalue weighted by molar-refractivity contribution is 0.0958. The predicted molar refractivity (Wildman–Crippen MR) is 171 cm³/mol. The van der Waals surface area contributed by atoms with Crippen molar-refractivity contribution in [3.05, 3.63) is 47.7 Å². The van der Waals surface area contributed by atoms with E-state index in [0.29, 0.717) is 53.3 Å². The number of terminal acetylenes is 1. The summed E-state index contributed by atoms with van der Waals surface area (Å²) in [5, 5.41) is 15.4. The van der Waals surface area contributed by atoms with Gasteiger partial charge in [-0.2, -0.15) is 9.97 Å². The molecule has 0 spiro atoms. The monoisotopic (exact) mass is 613 g/mol. The van der Waals surface area contributed by atoms with E-state index in [1.807, 2.05) is 0 Å². The molecule has 3 aliphatic rings. The maximum atomic E-state index is 16.7. The third-order valence-corrected chi connectivity index (χ3v) is 9.39. The van der Waals surface area contributed by atoms with Gasteiger partial charge in [-0.15, -0.1) is 6.42 Å². The van der Waals surface area contributed by atoms with Crippen molar-refractivity contribution in [2.24, 2.45) is 0 Å². The molecular weight excluding hydrogens is 576 g/mol. The second kappa shape index (κ2) is 12.0. The summed E-state index contributed by atoms with van der Waals surface area (Å²) in [7, 11) is 0. The SMILES string of the molecule is C#Cc1c(F)ccc2cc(O)cc(-c3ncc4c(N5CC6CCC(C5)N6)nc(OCCN5CCN(C(C)C)CC5)nc4c3F)c12. The molecule has 0 radical (unpaired) electrons. The second-order valence-electron chi connectivity index (χ2n) is 12.5. The zero-order valence-corrected chi connectivity index (χ0v) is 25.6. The summed E-state index contributed by atoms with van der Waals surface area (Å²) in [6, 6.07) is 6.83. The molecule has 2 bridgehead atoms. The molecule has 0 amide bonds. The number of rotatable bonds is 7. The van der Waals surface area contributed by atoms with Gasteiger partial charge in [0.1, 0.15) is 35.2 Å². The summed E-state index contributed by atoms with van der Waals surface area (Å²) in [5.74, 6) is 1.51. The van der Waals surface area contributed by atoms with Crippen LogP contribution in [-0.4, -0.2) is 100 Å². The number of phenolic OH excluding ortho intramolecular Hbond substituents is 1. The number of phenols is 1. The fraction of sp³-hybridized carbons (Fsp3) is 0.441. The van der Waals surface area contributed by atoms with Crippen LogP contribution in [-0.2, 0) is 0 Å². The molecule has 3 fully saturated rings. The van der Waals surface area contributed by atoms with E-state index < -0.39 is 11.6 Å². The Labute approximate surface area is 261 Å². The maximum Gasteiger partial charge on any atom is 0.319 e. The minimum Gasteiger partial charge on any atom is -0.508 e. The van der Waals surface area contributed by atoms with Gasteiger partial charge in [-0.25, -0.2) is 8.78 Å². The molecule has 3 saturated heterocycles. The normalized spacial score (nSPS) is 20.8. The van der Waals surface area contributed by atoms with E-state index in [9.17, 15) is 9.50 Å². The van der Waals surface area contributed by atoms with Crippen molar-refractivity contribution in [3.63, 3.8) is 0 Å². The number of fused-ring (bicyclic) bond motifs is 4. The van der Waals surface area contributed by atoms with Gasteiger partial charge in [0, 0.05) is 81.1 Å². The first-order chi connectivity index (χ1) is 21.8. The van der Waals surface area contributed by atoms with Crippen molar-refractivity contribution in [2.75, 3.05) is 57.3 Å². The number of nitrogens with one attached hydrogen (secondary N) is 1. The topological polar surface area (TPSA) is 89.9 Å². The summed E-state index contributed by atoms with van der Waals surface area (Å²) in [5.41, 5.74) is 0.109. The standard InChI is InChI=1S/C34H37F2N7O2/c1-4-25-28(35)8-5-21-15-24(44)16-26(29(21)25)31-30(36)32-27(17-37-31)33(43-18-22-6-7-23(19-43)38-22)40-34(39-32)45-14-13-41-9-11-42(12-10-41)20(2)3/h1,5,8,15-17,20,22-23,38,44H,6-7,9-14,18-19H2,2-3H3. The number of ether oxygens (including phenoxy) is 1. The number of benzene rings is 2. The average Bonchev–Trinajstić information content (AvgIpc) is 3.38. The van der Waals surface area contributed by atoms with Crippen LogP contribution >= 0.6 is 0 Å². The van der Waals surface area contributed by atoms with E-state index in [1.54, 1.807) is 6.20 Å². The molecule has 2 atom stereocenters. The van der Waals surface area contributed by atoms with Gasteiger partial charge in [-0.1, -0.05) is 12.0 Å². The molecule has 4 aromatic rings. The number of halogens is 2. The maximum absolute atomic E-state index is 16.7. The van der Waals surface area contributed by atoms with Crippen molar-refractivity contribution in [3.8, 4) is 35.4 Å². The Balaban J connectivity index is 1.27. The van der Waals surface area contributed by atoms with E-state index >= 15 is 4.39 Å². The quantitative estimate of drug-likeness (QED) is 0.299. The molecular formula is C34H37F2N7O2. The van der Waals surface area contributed by atoms with Crippen molar-refractivity contribution in [1.29, 1.82) is 0 Å². The van der Waals surface area contributed by atoms with Crippen LogP contribution in [0.1, 0.15) is 32.3 Å². The van der Waals surface area contributed by atoms with Gasteiger partial charge in [0.2, 0.25) is 0 Å². The van der Waals surface area contributed by atoms with Gasteiger partial charge >= 0.3 is 6.01 Å². The van der Waals surface area contributed by atoms with Gasteiger partial charge in [0.15, 0.2) is 5.82 Å². The van der Waals surface area contributed by atoms with Crippen molar-refractivity contribution in [2.45, 2.75) is 44.8 Å². The lowest BCUT2D eigenvalue weighted by Crippen LogP contribution is -2.51. The predicted octanol–water partition coefficient (Wildman–Crippen LogP) is 4.16. The Hall–Kier alpha value is -4.11. The van der Waals surface area contributed by atoms with Crippen molar-refractivity contribution < 1.29 is 18.6 Å². The fourth-order valence-electron chi connectivity index (χ4n) is 7.01. The third kappa shape index (κ3) is 5.63. The molecule has 0 saturated carbocycles. The highest BCUT2D eigenvalue weighted by Crippen LogP contribution is 2.39. The minimum absolute atomic E-state index is 0.0262. The summed E-state index contributed by atoms with van der Waals surface area (Å²) < 4.78 is 37.6. The number of pyridine rings is 1. The fourth-order valence-corrected chi connectivity index (χ4v) is 7.01. The highest BCUT2D eigenvalue weighted by molar-refractivity contribution is 6.03. The molecule has 11 heteroatoms. The number of hydrogen-bond donors (Lipinski definition) is 2. The number of anilines is 1. The van der Waals surface area contributed by atoms with Crippen LogP contribution < -0.4 is 15.0 Å². The van der Waals surface area contributed by atoms with E-state index in [1.165, 1.54) is 24.3 Å². The minimum atomic E-state index is -0.719. The number of piperazine rings is 2. The smallest absolute Gasteiger partial charge is 0.319 e. The zero-order chi connectivity index (χ0) is 31.2. The van der Waals surface area contributed by atoms with Crippen LogP contribution in [0.25, 0.3) is 32.9 Å². The van der Waals surface area contributed by atoms with Gasteiger partial charge in [-0.3, -0.25) is 14.8 Å². The van der Waals surface area contributed by atoms with Crippen molar-refractivity contribution >= 4 is 27.5 Å². The Morgan fingerprint density at radius 1 is 1.09 bits per heavy atom. The van der Waals surface area contributed by atoms with Crippen LogP contribution in [0.5, 0.6) is 11.8 Å². The lowest BCUT2D eigenvalue weighted by atomic mass is 9.96. The molecule has 2 aromatic carbocycles. The molecule has 2 aromatic heterocycles. The van der Waals surface area contributed by atoms with Crippen LogP contribution in [0.2, 0.25) is 0 Å². The third-order valence-electron chi connectivity index (χ3n) is 9.39. The molecule has 45 heavy (non-hydrogen) atoms. The van der Waals surface area contributed by atoms with E-state index in [2.05, 4.69) is 49.8 Å². The average molecular weight is 614 g/mol. The first-order valence-electron chi connectivity index (χ1n) is 15.7. The molecule has 2 N–H and O–H groups in total. The lowest BCUT2D eigenvalue weighted by Gasteiger charge is -2.36. The van der Waals surface area contributed by atoms with Crippen LogP contribution in [0.4, 0.5) is 14.6 Å². The van der Waals surface area contributed by atoms with Crippen LogP contribution in [0.15, 0.2) is 30.5 Å². The Kier molecular flexibility index (Phi) is 7.89. The molecule has 9 nitrogen and oxygen atoms in total. The highest BCUT2D eigenvalue weighted by atomic mass is 19.1. The molecule has 5 heterocycles. The number of aromatic nitrogens is 3. The van der Waals surface area contributed by atoms with Crippen LogP contribution in [0, 0.1) is 24.0 Å². The van der Waals surface area contributed by atoms with Crippen LogP contribution in [0.3, 0.4) is 0 Å². The van der Waals surface area contributed by atoms with E-state index in [4.69, 9.17) is 16.1 Å². The Morgan fingerprint density at radius 3 is 2.56 bits per heavy atom. The molecule has 7 rings (SSSR count). The summed E-state index contributed by atoms with van der Waals surface area (Å²) in [6.45, 7) is 10.9. The Bertz CT molecular complexity index is 1790. The summed E-state index contributed by atoms with van der Waals surface area (Å²) in [6.07, 6.45) is 9.38. The molecule has 2 unspecified atom stereocenters. The molecule has 234 valence electrons. The highest BCUT2D eigenvalue weighted by Gasteiger charge is 2.34. The Morgan fingerprint density at radius 2 is 1.84 bits per heavy atom. The largest absolute Gasteiger partial charge is 0.508 e. The van der Waals surface area contributed by atoms with Crippen molar-refractivity contribution in [1.82, 2.24) is 30.1 Å². The first-order valence-corrected chi connectivity index (χ1v) is 15.7. The zero-order valence-electron chi connectivity index (χ0n) is 25.6. The van der Waals surface area contributed by atoms with E-state index in [0.717, 1.165) is 52.1 Å². The summed E-state index contributed by atoms with van der Waals surface area (Å²) in [4.78, 5) is 20.8. The second-order valence-corrected chi connectivity index (χ2v) is 12.5. The van der Waals surface area contributed by atoms with Gasteiger partial charge in [0.25, 0.3) is 0 Å². The van der Waals surface area contributed by atoms with E-state index in [-0.39, 0.29) is 34.1 Å².